The number of para-hydroxylation sites is 1. The van der Waals surface area contributed by atoms with Crippen LogP contribution in [0.2, 0.25) is 0 Å². The van der Waals surface area contributed by atoms with E-state index in [4.69, 9.17) is 16.3 Å². The van der Waals surface area contributed by atoms with Crippen molar-refractivity contribution in [2.24, 2.45) is 7.05 Å². The molecule has 0 aliphatic rings. The highest BCUT2D eigenvalue weighted by atomic mass is 35.5. The molecule has 0 atom stereocenters. The summed E-state index contributed by atoms with van der Waals surface area (Å²) in [6, 6.07) is 9.66. The highest BCUT2D eigenvalue weighted by molar-refractivity contribution is 6.18. The van der Waals surface area contributed by atoms with Gasteiger partial charge in [-0.3, -0.25) is 4.68 Å². The Hall–Kier alpha value is -1.92. The predicted octanol–water partition coefficient (Wildman–Crippen LogP) is 2.98. The van der Waals surface area contributed by atoms with Crippen LogP contribution in [0, 0.1) is 11.8 Å². The second-order valence-corrected chi connectivity index (χ2v) is 4.38. The molecule has 2 aromatic rings. The van der Waals surface area contributed by atoms with Gasteiger partial charge >= 0.3 is 0 Å². The summed E-state index contributed by atoms with van der Waals surface area (Å²) in [6.07, 6.45) is 2.57. The molecule has 0 N–H and O–H groups in total. The SMILES string of the molecule is Cn1ccc(COc2ccccc2C#CCCCl)n1. The molecular formula is C15H15ClN2O. The van der Waals surface area contributed by atoms with Gasteiger partial charge < -0.3 is 4.74 Å². The fourth-order valence-electron chi connectivity index (χ4n) is 1.59. The zero-order valence-electron chi connectivity index (χ0n) is 10.8. The van der Waals surface area contributed by atoms with Gasteiger partial charge in [0, 0.05) is 25.5 Å². The lowest BCUT2D eigenvalue weighted by atomic mass is 10.2. The summed E-state index contributed by atoms with van der Waals surface area (Å²) in [7, 11) is 1.88. The second-order valence-electron chi connectivity index (χ2n) is 4.01. The van der Waals surface area contributed by atoms with Crippen molar-refractivity contribution in [2.45, 2.75) is 13.0 Å². The number of halogens is 1. The first-order valence-corrected chi connectivity index (χ1v) is 6.58. The normalized spacial score (nSPS) is 9.79. The number of ether oxygens (including phenoxy) is 1. The number of aromatic nitrogens is 2. The van der Waals surface area contributed by atoms with Crippen LogP contribution in [0.5, 0.6) is 5.75 Å². The van der Waals surface area contributed by atoms with E-state index in [1.54, 1.807) is 4.68 Å². The molecule has 1 heterocycles. The van der Waals surface area contributed by atoms with Gasteiger partial charge in [-0.05, 0) is 18.2 Å². The van der Waals surface area contributed by atoms with Crippen molar-refractivity contribution in [1.82, 2.24) is 9.78 Å². The molecule has 0 fully saturated rings. The molecule has 0 amide bonds. The van der Waals surface area contributed by atoms with Crippen molar-refractivity contribution in [2.75, 3.05) is 5.88 Å². The first-order chi connectivity index (χ1) is 9.29. The number of benzene rings is 1. The minimum absolute atomic E-state index is 0.440. The summed E-state index contributed by atoms with van der Waals surface area (Å²) in [6.45, 7) is 0.440. The largest absolute Gasteiger partial charge is 0.486 e. The maximum atomic E-state index is 5.76. The molecule has 0 bridgehead atoms. The van der Waals surface area contributed by atoms with E-state index in [9.17, 15) is 0 Å². The van der Waals surface area contributed by atoms with Crippen molar-refractivity contribution in [1.29, 1.82) is 0 Å². The maximum absolute atomic E-state index is 5.76. The molecule has 1 aromatic heterocycles. The zero-order chi connectivity index (χ0) is 13.5. The van der Waals surface area contributed by atoms with Gasteiger partial charge in [0.05, 0.1) is 11.3 Å². The number of aryl methyl sites for hydroxylation is 1. The van der Waals surface area contributed by atoms with Crippen LogP contribution in [0.4, 0.5) is 0 Å². The highest BCUT2D eigenvalue weighted by Gasteiger charge is 2.02. The van der Waals surface area contributed by atoms with Gasteiger partial charge in [0.1, 0.15) is 12.4 Å². The fraction of sp³-hybridized carbons (Fsp3) is 0.267. The van der Waals surface area contributed by atoms with Gasteiger partial charge in [-0.2, -0.15) is 5.10 Å². The minimum atomic E-state index is 0.440. The second kappa shape index (κ2) is 6.86. The lowest BCUT2D eigenvalue weighted by molar-refractivity contribution is 0.299. The van der Waals surface area contributed by atoms with E-state index in [-0.39, 0.29) is 0 Å². The number of alkyl halides is 1. The molecule has 98 valence electrons. The quantitative estimate of drug-likeness (QED) is 0.633. The minimum Gasteiger partial charge on any atom is -0.486 e. The van der Waals surface area contributed by atoms with Gasteiger partial charge in [-0.1, -0.05) is 24.0 Å². The number of rotatable bonds is 4. The van der Waals surface area contributed by atoms with Gasteiger partial charge in [0.15, 0.2) is 0 Å². The van der Waals surface area contributed by atoms with Gasteiger partial charge in [-0.25, -0.2) is 0 Å². The Morgan fingerprint density at radius 3 is 2.89 bits per heavy atom. The maximum Gasteiger partial charge on any atom is 0.135 e. The molecule has 3 nitrogen and oxygen atoms in total. The van der Waals surface area contributed by atoms with Crippen LogP contribution in [0.15, 0.2) is 36.5 Å². The van der Waals surface area contributed by atoms with E-state index in [2.05, 4.69) is 16.9 Å². The first kappa shape index (κ1) is 13.5. The Balaban J connectivity index is 2.06. The summed E-state index contributed by atoms with van der Waals surface area (Å²) in [5.74, 6) is 7.40. The van der Waals surface area contributed by atoms with Crippen molar-refractivity contribution in [3.8, 4) is 17.6 Å². The molecule has 0 saturated carbocycles. The van der Waals surface area contributed by atoms with E-state index in [1.807, 2.05) is 43.6 Å². The molecule has 0 saturated heterocycles. The predicted molar refractivity (Wildman–Crippen MR) is 76.2 cm³/mol. The Kier molecular flexibility index (Phi) is 4.88. The van der Waals surface area contributed by atoms with Crippen molar-refractivity contribution < 1.29 is 4.74 Å². The van der Waals surface area contributed by atoms with Crippen LogP contribution < -0.4 is 4.74 Å². The summed E-state index contributed by atoms with van der Waals surface area (Å²) in [5.41, 5.74) is 1.77. The first-order valence-electron chi connectivity index (χ1n) is 6.05. The molecule has 0 unspecified atom stereocenters. The number of nitrogens with zero attached hydrogens (tertiary/aromatic N) is 2. The summed E-state index contributed by atoms with van der Waals surface area (Å²) >= 11 is 5.61. The lowest BCUT2D eigenvalue weighted by Crippen LogP contribution is -1.99. The van der Waals surface area contributed by atoms with Gasteiger partial charge in [0.2, 0.25) is 0 Å². The molecule has 0 aliphatic carbocycles. The average Bonchev–Trinajstić information content (AvgIpc) is 2.84. The van der Waals surface area contributed by atoms with Crippen molar-refractivity contribution in [3.05, 3.63) is 47.8 Å². The Morgan fingerprint density at radius 1 is 1.32 bits per heavy atom. The van der Waals surface area contributed by atoms with Crippen molar-refractivity contribution in [3.63, 3.8) is 0 Å². The van der Waals surface area contributed by atoms with Crippen molar-refractivity contribution >= 4 is 11.6 Å². The van der Waals surface area contributed by atoms with E-state index in [0.717, 1.165) is 17.0 Å². The third-order valence-electron chi connectivity index (χ3n) is 2.47. The van der Waals surface area contributed by atoms with Crippen LogP contribution in [0.3, 0.4) is 0 Å². The summed E-state index contributed by atoms with van der Waals surface area (Å²) in [5, 5.41) is 4.27. The fourth-order valence-corrected chi connectivity index (χ4v) is 1.69. The molecule has 19 heavy (non-hydrogen) atoms. The topological polar surface area (TPSA) is 27.1 Å². The average molecular weight is 275 g/mol. The highest BCUT2D eigenvalue weighted by Crippen LogP contribution is 2.18. The number of hydrogen-bond acceptors (Lipinski definition) is 2. The van der Waals surface area contributed by atoms with Gasteiger partial charge in [0.25, 0.3) is 0 Å². The molecular weight excluding hydrogens is 260 g/mol. The Morgan fingerprint density at radius 2 is 2.16 bits per heavy atom. The van der Waals surface area contributed by atoms with Crippen LogP contribution in [0.25, 0.3) is 0 Å². The van der Waals surface area contributed by atoms with Gasteiger partial charge in [-0.15, -0.1) is 11.6 Å². The summed E-state index contributed by atoms with van der Waals surface area (Å²) < 4.78 is 7.51. The monoisotopic (exact) mass is 274 g/mol. The summed E-state index contributed by atoms with van der Waals surface area (Å²) in [4.78, 5) is 0. The van der Waals surface area contributed by atoms with Crippen LogP contribution in [-0.2, 0) is 13.7 Å². The Labute approximate surface area is 118 Å². The lowest BCUT2D eigenvalue weighted by Gasteiger charge is -2.06. The molecule has 0 radical (unpaired) electrons. The molecule has 0 aliphatic heterocycles. The zero-order valence-corrected chi connectivity index (χ0v) is 11.5. The standard InChI is InChI=1S/C15H15ClN2O/c1-18-11-9-14(17-18)12-19-15-8-3-2-6-13(15)7-4-5-10-16/h2-3,6,8-9,11H,5,10,12H2,1H3. The van der Waals surface area contributed by atoms with Crippen LogP contribution >= 0.6 is 11.6 Å². The van der Waals surface area contributed by atoms with Crippen LogP contribution in [-0.4, -0.2) is 15.7 Å². The molecule has 0 spiro atoms. The third-order valence-corrected chi connectivity index (χ3v) is 2.66. The van der Waals surface area contributed by atoms with E-state index in [0.29, 0.717) is 18.9 Å². The van der Waals surface area contributed by atoms with E-state index >= 15 is 0 Å². The number of hydrogen-bond donors (Lipinski definition) is 0. The smallest absolute Gasteiger partial charge is 0.135 e. The van der Waals surface area contributed by atoms with E-state index < -0.39 is 0 Å². The third kappa shape index (κ3) is 4.04. The Bertz CT molecular complexity index is 595. The van der Waals surface area contributed by atoms with Crippen LogP contribution in [0.1, 0.15) is 17.7 Å². The molecule has 4 heteroatoms. The van der Waals surface area contributed by atoms with E-state index in [1.165, 1.54) is 0 Å². The molecule has 2 rings (SSSR count). The molecule has 1 aromatic carbocycles.